The summed E-state index contributed by atoms with van der Waals surface area (Å²) in [4.78, 5) is 11.3. The molecule has 0 saturated heterocycles. The fraction of sp³-hybridized carbons (Fsp3) is 0.750. The van der Waals surface area contributed by atoms with E-state index in [2.05, 4.69) is 61.8 Å². The van der Waals surface area contributed by atoms with Crippen LogP contribution in [0.25, 0.3) is 0 Å². The molecule has 0 bridgehead atoms. The minimum atomic E-state index is 0.316. The van der Waals surface area contributed by atoms with Gasteiger partial charge in [0.05, 0.1) is 0 Å². The first-order valence-electron chi connectivity index (χ1n) is 8.04. The first kappa shape index (κ1) is 17.7. The Morgan fingerprint density at radius 3 is 2.19 bits per heavy atom. The van der Waals surface area contributed by atoms with Crippen molar-refractivity contribution in [3.8, 4) is 0 Å². The van der Waals surface area contributed by atoms with Gasteiger partial charge in [0.25, 0.3) is 0 Å². The SMILES string of the molecule is CCC(CC)N(CC(C)C)c1ncnc(NN)c1C(C)C. The zero-order valence-electron chi connectivity index (χ0n) is 14.3. The predicted molar refractivity (Wildman–Crippen MR) is 90.5 cm³/mol. The van der Waals surface area contributed by atoms with Gasteiger partial charge < -0.3 is 10.3 Å². The normalized spacial score (nSPS) is 11.5. The molecule has 3 N–H and O–H groups in total. The average molecular weight is 293 g/mol. The van der Waals surface area contributed by atoms with Crippen molar-refractivity contribution in [2.75, 3.05) is 16.9 Å². The molecular weight excluding hydrogens is 262 g/mol. The first-order chi connectivity index (χ1) is 9.96. The zero-order valence-corrected chi connectivity index (χ0v) is 14.3. The van der Waals surface area contributed by atoms with Gasteiger partial charge in [0.2, 0.25) is 0 Å². The molecule has 0 aliphatic heterocycles. The number of nitrogen functional groups attached to an aromatic ring is 1. The molecule has 0 unspecified atom stereocenters. The highest BCUT2D eigenvalue weighted by molar-refractivity contribution is 5.60. The van der Waals surface area contributed by atoms with E-state index in [9.17, 15) is 0 Å². The molecule has 120 valence electrons. The molecule has 1 rings (SSSR count). The molecule has 0 radical (unpaired) electrons. The van der Waals surface area contributed by atoms with E-state index in [1.54, 1.807) is 6.33 Å². The molecule has 1 heterocycles. The van der Waals surface area contributed by atoms with E-state index in [1.807, 2.05) is 0 Å². The molecule has 5 heteroatoms. The molecule has 1 aromatic heterocycles. The summed E-state index contributed by atoms with van der Waals surface area (Å²) in [6.45, 7) is 14.3. The highest BCUT2D eigenvalue weighted by Gasteiger charge is 2.24. The number of hydrogen-bond donors (Lipinski definition) is 2. The molecule has 0 aliphatic rings. The number of aromatic nitrogens is 2. The smallest absolute Gasteiger partial charge is 0.148 e. The second kappa shape index (κ2) is 8.17. The van der Waals surface area contributed by atoms with Crippen LogP contribution in [0.3, 0.4) is 0 Å². The van der Waals surface area contributed by atoms with Crippen LogP contribution >= 0.6 is 0 Å². The van der Waals surface area contributed by atoms with E-state index in [0.717, 1.165) is 36.6 Å². The molecule has 0 aliphatic carbocycles. The molecule has 0 aromatic carbocycles. The quantitative estimate of drug-likeness (QED) is 0.567. The third-order valence-electron chi connectivity index (χ3n) is 3.79. The minimum Gasteiger partial charge on any atom is -0.353 e. The van der Waals surface area contributed by atoms with Crippen molar-refractivity contribution in [2.45, 2.75) is 66.3 Å². The summed E-state index contributed by atoms with van der Waals surface area (Å²) in [7, 11) is 0. The monoisotopic (exact) mass is 293 g/mol. The highest BCUT2D eigenvalue weighted by Crippen LogP contribution is 2.32. The topological polar surface area (TPSA) is 67.1 Å². The maximum Gasteiger partial charge on any atom is 0.148 e. The lowest BCUT2D eigenvalue weighted by atomic mass is 10.0. The molecule has 5 nitrogen and oxygen atoms in total. The summed E-state index contributed by atoms with van der Waals surface area (Å²) < 4.78 is 0. The standard InChI is InChI=1S/C16H31N5/c1-7-13(8-2)21(9-11(3)4)16-14(12(5)6)15(20-17)18-10-19-16/h10-13H,7-9,17H2,1-6H3,(H,18,19,20). The number of rotatable bonds is 8. The van der Waals surface area contributed by atoms with Crippen LogP contribution in [0.5, 0.6) is 0 Å². The number of nitrogens with one attached hydrogen (secondary N) is 1. The summed E-state index contributed by atoms with van der Waals surface area (Å²) >= 11 is 0. The third kappa shape index (κ3) is 4.30. The first-order valence-corrected chi connectivity index (χ1v) is 8.04. The fourth-order valence-corrected chi connectivity index (χ4v) is 2.79. The van der Waals surface area contributed by atoms with Crippen LogP contribution in [0.4, 0.5) is 11.6 Å². The maximum atomic E-state index is 5.64. The van der Waals surface area contributed by atoms with Crippen molar-refractivity contribution in [3.63, 3.8) is 0 Å². The van der Waals surface area contributed by atoms with Crippen molar-refractivity contribution in [3.05, 3.63) is 11.9 Å². The molecule has 1 aromatic rings. The van der Waals surface area contributed by atoms with E-state index in [1.165, 1.54) is 0 Å². The summed E-state index contributed by atoms with van der Waals surface area (Å²) in [6.07, 6.45) is 3.82. The predicted octanol–water partition coefficient (Wildman–Crippen LogP) is 3.54. The maximum absolute atomic E-state index is 5.64. The fourth-order valence-electron chi connectivity index (χ4n) is 2.79. The molecule has 0 amide bonds. The van der Waals surface area contributed by atoms with E-state index in [0.29, 0.717) is 17.9 Å². The van der Waals surface area contributed by atoms with Gasteiger partial charge in [-0.25, -0.2) is 15.8 Å². The van der Waals surface area contributed by atoms with Crippen LogP contribution in [0.2, 0.25) is 0 Å². The van der Waals surface area contributed by atoms with Crippen LogP contribution in [-0.4, -0.2) is 22.6 Å². The van der Waals surface area contributed by atoms with Crippen LogP contribution in [0.1, 0.15) is 65.9 Å². The number of nitrogens with zero attached hydrogens (tertiary/aromatic N) is 3. The van der Waals surface area contributed by atoms with Gasteiger partial charge in [-0.1, -0.05) is 41.5 Å². The van der Waals surface area contributed by atoms with Gasteiger partial charge in [0.15, 0.2) is 0 Å². The Kier molecular flexibility index (Phi) is 6.89. The Morgan fingerprint density at radius 2 is 1.76 bits per heavy atom. The van der Waals surface area contributed by atoms with E-state index in [-0.39, 0.29) is 0 Å². The third-order valence-corrected chi connectivity index (χ3v) is 3.79. The van der Waals surface area contributed by atoms with Crippen molar-refractivity contribution in [1.29, 1.82) is 0 Å². The Labute approximate surface area is 129 Å². The summed E-state index contributed by atoms with van der Waals surface area (Å²) in [5, 5.41) is 0. The summed E-state index contributed by atoms with van der Waals surface area (Å²) in [5.41, 5.74) is 3.83. The van der Waals surface area contributed by atoms with Gasteiger partial charge in [-0.2, -0.15) is 0 Å². The lowest BCUT2D eigenvalue weighted by Gasteiger charge is -2.35. The van der Waals surface area contributed by atoms with E-state index >= 15 is 0 Å². The summed E-state index contributed by atoms with van der Waals surface area (Å²) in [6, 6.07) is 0.491. The largest absolute Gasteiger partial charge is 0.353 e. The Hall–Kier alpha value is -1.36. The highest BCUT2D eigenvalue weighted by atomic mass is 15.3. The van der Waals surface area contributed by atoms with Crippen LogP contribution in [0.15, 0.2) is 6.33 Å². The van der Waals surface area contributed by atoms with Gasteiger partial charge in [-0.05, 0) is 24.7 Å². The number of hydrogen-bond acceptors (Lipinski definition) is 5. The lowest BCUT2D eigenvalue weighted by Crippen LogP contribution is -2.39. The van der Waals surface area contributed by atoms with Crippen molar-refractivity contribution >= 4 is 11.6 Å². The number of anilines is 2. The van der Waals surface area contributed by atoms with Gasteiger partial charge in [-0.3, -0.25) is 0 Å². The van der Waals surface area contributed by atoms with Gasteiger partial charge >= 0.3 is 0 Å². The van der Waals surface area contributed by atoms with E-state index in [4.69, 9.17) is 5.84 Å². The molecule has 0 spiro atoms. The van der Waals surface area contributed by atoms with E-state index < -0.39 is 0 Å². The number of nitrogens with two attached hydrogens (primary N) is 1. The van der Waals surface area contributed by atoms with Crippen LogP contribution in [0, 0.1) is 5.92 Å². The van der Waals surface area contributed by atoms with Crippen molar-refractivity contribution in [1.82, 2.24) is 9.97 Å². The zero-order chi connectivity index (χ0) is 16.0. The Morgan fingerprint density at radius 1 is 1.14 bits per heavy atom. The van der Waals surface area contributed by atoms with Gasteiger partial charge in [0.1, 0.15) is 18.0 Å². The molecular formula is C16H31N5. The number of hydrazine groups is 1. The summed E-state index contributed by atoms with van der Waals surface area (Å²) in [5.74, 6) is 8.29. The molecule has 0 fully saturated rings. The second-order valence-corrected chi connectivity index (χ2v) is 6.28. The van der Waals surface area contributed by atoms with Gasteiger partial charge in [-0.15, -0.1) is 0 Å². The van der Waals surface area contributed by atoms with Crippen LogP contribution < -0.4 is 16.2 Å². The van der Waals surface area contributed by atoms with Crippen molar-refractivity contribution < 1.29 is 0 Å². The lowest BCUT2D eigenvalue weighted by molar-refractivity contribution is 0.500. The molecule has 21 heavy (non-hydrogen) atoms. The van der Waals surface area contributed by atoms with Crippen molar-refractivity contribution in [2.24, 2.45) is 11.8 Å². The average Bonchev–Trinajstić information content (AvgIpc) is 2.46. The second-order valence-electron chi connectivity index (χ2n) is 6.28. The van der Waals surface area contributed by atoms with Gasteiger partial charge in [0, 0.05) is 18.2 Å². The Bertz CT molecular complexity index is 427. The Balaban J connectivity index is 3.35. The minimum absolute atomic E-state index is 0.316. The van der Waals surface area contributed by atoms with Crippen LogP contribution in [-0.2, 0) is 0 Å². The molecule has 0 atom stereocenters. The molecule has 0 saturated carbocycles.